The van der Waals surface area contributed by atoms with E-state index in [9.17, 15) is 27.8 Å². The number of esters is 1. The fraction of sp³-hybridized carbons (Fsp3) is 0.323. The number of aliphatic hydroxyl groups excluding tert-OH is 1. The molecule has 3 aromatic carbocycles. The Bertz CT molecular complexity index is 1590. The van der Waals surface area contributed by atoms with Gasteiger partial charge in [0.1, 0.15) is 27.8 Å². The molecule has 0 bridgehead atoms. The van der Waals surface area contributed by atoms with Gasteiger partial charge in [-0.15, -0.1) is 0 Å². The van der Waals surface area contributed by atoms with Crippen LogP contribution in [0, 0.1) is 12.7 Å². The number of aliphatic hydroxyl groups is 1. The van der Waals surface area contributed by atoms with Gasteiger partial charge < -0.3 is 14.9 Å². The SMILES string of the molecule is Cc1cc(SC2=C(O)CC(C)(CCc3ccc(O)cc3)OC2=O)c(C(C)(C)C)cc1NS(=O)(=O)c1ccc(F)cc1. The molecule has 0 spiro atoms. The Kier molecular flexibility index (Phi) is 8.47. The number of thioether (sulfide) groups is 1. The van der Waals surface area contributed by atoms with Crippen LogP contribution in [0.15, 0.2) is 81.1 Å². The van der Waals surface area contributed by atoms with E-state index in [0.717, 1.165) is 35.0 Å². The van der Waals surface area contributed by atoms with Crippen LogP contribution in [0.1, 0.15) is 57.2 Å². The Morgan fingerprint density at radius 3 is 2.27 bits per heavy atom. The van der Waals surface area contributed by atoms with Crippen molar-refractivity contribution in [3.8, 4) is 5.75 Å². The maximum Gasteiger partial charge on any atom is 0.348 e. The molecule has 1 atom stereocenters. The lowest BCUT2D eigenvalue weighted by atomic mass is 9.86. The summed E-state index contributed by atoms with van der Waals surface area (Å²) in [7, 11) is -3.97. The number of phenolic OH excluding ortho intramolecular Hbond substituents is 1. The number of sulfonamides is 1. The number of aryl methyl sites for hydroxylation is 2. The molecule has 41 heavy (non-hydrogen) atoms. The number of benzene rings is 3. The van der Waals surface area contributed by atoms with Gasteiger partial charge in [0, 0.05) is 11.3 Å². The molecule has 0 amide bonds. The first kappa shape index (κ1) is 30.5. The minimum absolute atomic E-state index is 0.0574. The second-order valence-corrected chi connectivity index (χ2v) is 14.3. The van der Waals surface area contributed by atoms with Gasteiger partial charge in [-0.1, -0.05) is 44.7 Å². The number of aromatic hydroxyl groups is 1. The number of cyclic esters (lactones) is 1. The number of carbonyl (C=O) groups is 1. The van der Waals surface area contributed by atoms with Crippen molar-refractivity contribution < 1.29 is 32.6 Å². The van der Waals surface area contributed by atoms with E-state index in [1.807, 2.05) is 20.8 Å². The minimum Gasteiger partial charge on any atom is -0.511 e. The van der Waals surface area contributed by atoms with E-state index in [1.165, 1.54) is 12.1 Å². The van der Waals surface area contributed by atoms with E-state index in [2.05, 4.69) is 4.72 Å². The molecule has 1 unspecified atom stereocenters. The third-order valence-corrected chi connectivity index (χ3v) is 9.47. The number of ether oxygens (including phenoxy) is 1. The summed E-state index contributed by atoms with van der Waals surface area (Å²) in [5.41, 5.74) is 1.36. The number of nitrogens with one attached hydrogen (secondary N) is 1. The van der Waals surface area contributed by atoms with Crippen LogP contribution in [0.25, 0.3) is 0 Å². The Hall–Kier alpha value is -3.50. The number of hydrogen-bond acceptors (Lipinski definition) is 7. The highest BCUT2D eigenvalue weighted by molar-refractivity contribution is 8.04. The summed E-state index contributed by atoms with van der Waals surface area (Å²) < 4.78 is 47.7. The van der Waals surface area contributed by atoms with Crippen LogP contribution in [-0.4, -0.2) is 30.2 Å². The van der Waals surface area contributed by atoms with E-state index in [4.69, 9.17) is 4.74 Å². The Labute approximate surface area is 244 Å². The minimum atomic E-state index is -3.97. The number of anilines is 1. The molecule has 0 saturated carbocycles. The van der Waals surface area contributed by atoms with Crippen LogP contribution < -0.4 is 4.72 Å². The summed E-state index contributed by atoms with van der Waals surface area (Å²) in [5, 5.41) is 20.5. The largest absolute Gasteiger partial charge is 0.511 e. The van der Waals surface area contributed by atoms with Gasteiger partial charge in [-0.2, -0.15) is 0 Å². The van der Waals surface area contributed by atoms with Crippen LogP contribution in [0.4, 0.5) is 10.1 Å². The summed E-state index contributed by atoms with van der Waals surface area (Å²) in [6, 6.07) is 14.9. The summed E-state index contributed by atoms with van der Waals surface area (Å²) in [5.74, 6) is -1.04. The Morgan fingerprint density at radius 2 is 1.68 bits per heavy atom. The second kappa shape index (κ2) is 11.4. The molecule has 1 aliphatic rings. The first-order valence-corrected chi connectivity index (χ1v) is 15.4. The number of phenols is 1. The van der Waals surface area contributed by atoms with E-state index in [-0.39, 0.29) is 27.7 Å². The summed E-state index contributed by atoms with van der Waals surface area (Å²) in [4.78, 5) is 13.9. The van der Waals surface area contributed by atoms with Crippen molar-refractivity contribution in [1.82, 2.24) is 0 Å². The van der Waals surface area contributed by atoms with E-state index >= 15 is 0 Å². The summed E-state index contributed by atoms with van der Waals surface area (Å²) in [6.07, 6.45) is 1.24. The normalized spacial score (nSPS) is 17.9. The van der Waals surface area contributed by atoms with Crippen LogP contribution in [-0.2, 0) is 31.4 Å². The topological polar surface area (TPSA) is 113 Å². The smallest absolute Gasteiger partial charge is 0.348 e. The molecule has 3 N–H and O–H groups in total. The molecule has 0 aromatic heterocycles. The molecule has 0 fully saturated rings. The van der Waals surface area contributed by atoms with Crippen molar-refractivity contribution in [2.45, 2.75) is 74.7 Å². The molecule has 0 aliphatic carbocycles. The second-order valence-electron chi connectivity index (χ2n) is 11.5. The van der Waals surface area contributed by atoms with Crippen molar-refractivity contribution in [3.63, 3.8) is 0 Å². The fourth-order valence-corrected chi connectivity index (χ4v) is 6.93. The average Bonchev–Trinajstić information content (AvgIpc) is 2.87. The lowest BCUT2D eigenvalue weighted by Gasteiger charge is -2.34. The zero-order chi connectivity index (χ0) is 30.2. The van der Waals surface area contributed by atoms with Gasteiger partial charge in [-0.05, 0) is 97.3 Å². The number of hydrogen-bond donors (Lipinski definition) is 3. The molecule has 4 rings (SSSR count). The standard InChI is InChI=1S/C31H34FNO6S2/c1-19-16-27(24(30(2,3)4)17-25(19)33-41(37,38)23-12-8-21(32)9-13-23)40-28-26(35)18-31(5,39-29(28)36)15-14-20-6-10-22(34)11-7-20/h6-13,16-17,33-35H,14-15,18H2,1-5H3. The fourth-order valence-electron chi connectivity index (χ4n) is 4.56. The number of halogens is 1. The highest BCUT2D eigenvalue weighted by atomic mass is 32.2. The lowest BCUT2D eigenvalue weighted by Crippen LogP contribution is -2.37. The molecule has 0 radical (unpaired) electrons. The molecule has 10 heteroatoms. The third kappa shape index (κ3) is 7.23. The van der Waals surface area contributed by atoms with Gasteiger partial charge in [0.2, 0.25) is 0 Å². The summed E-state index contributed by atoms with van der Waals surface area (Å²) in [6.45, 7) is 9.43. The molecule has 218 valence electrons. The van der Waals surface area contributed by atoms with Crippen molar-refractivity contribution in [3.05, 3.63) is 93.8 Å². The van der Waals surface area contributed by atoms with Crippen molar-refractivity contribution in [2.24, 2.45) is 0 Å². The molecular weight excluding hydrogens is 565 g/mol. The molecule has 3 aromatic rings. The van der Waals surface area contributed by atoms with Crippen molar-refractivity contribution in [2.75, 3.05) is 4.72 Å². The van der Waals surface area contributed by atoms with Gasteiger partial charge in [-0.25, -0.2) is 17.6 Å². The van der Waals surface area contributed by atoms with Crippen LogP contribution >= 0.6 is 11.8 Å². The average molecular weight is 600 g/mol. The van der Waals surface area contributed by atoms with Gasteiger partial charge in [-0.3, -0.25) is 4.72 Å². The van der Waals surface area contributed by atoms with Gasteiger partial charge >= 0.3 is 5.97 Å². The number of carbonyl (C=O) groups excluding carboxylic acids is 1. The predicted octanol–water partition coefficient (Wildman–Crippen LogP) is 7.14. The van der Waals surface area contributed by atoms with Crippen molar-refractivity contribution >= 4 is 33.4 Å². The van der Waals surface area contributed by atoms with Gasteiger partial charge in [0.25, 0.3) is 10.0 Å². The zero-order valence-corrected chi connectivity index (χ0v) is 25.2. The predicted molar refractivity (Wildman–Crippen MR) is 158 cm³/mol. The van der Waals surface area contributed by atoms with Crippen LogP contribution in [0.3, 0.4) is 0 Å². The molecule has 0 saturated heterocycles. The monoisotopic (exact) mass is 599 g/mol. The molecule has 1 aliphatic heterocycles. The van der Waals surface area contributed by atoms with Gasteiger partial charge in [0.05, 0.1) is 10.6 Å². The maximum atomic E-state index is 13.3. The molecular formula is C31H34FNO6S2. The third-order valence-electron chi connectivity index (χ3n) is 6.92. The van der Waals surface area contributed by atoms with Crippen molar-refractivity contribution in [1.29, 1.82) is 0 Å². The number of rotatable bonds is 8. The maximum absolute atomic E-state index is 13.3. The van der Waals surface area contributed by atoms with E-state index < -0.39 is 32.8 Å². The highest BCUT2D eigenvalue weighted by Crippen LogP contribution is 2.44. The highest BCUT2D eigenvalue weighted by Gasteiger charge is 2.39. The van der Waals surface area contributed by atoms with E-state index in [0.29, 0.717) is 29.0 Å². The first-order chi connectivity index (χ1) is 19.1. The van der Waals surface area contributed by atoms with Gasteiger partial charge in [0.15, 0.2) is 0 Å². The van der Waals surface area contributed by atoms with Crippen LogP contribution in [0.2, 0.25) is 0 Å². The van der Waals surface area contributed by atoms with E-state index in [1.54, 1.807) is 50.2 Å². The molecule has 1 heterocycles. The lowest BCUT2D eigenvalue weighted by molar-refractivity contribution is -0.156. The first-order valence-electron chi connectivity index (χ1n) is 13.1. The quantitative estimate of drug-likeness (QED) is 0.236. The summed E-state index contributed by atoms with van der Waals surface area (Å²) >= 11 is 1.10. The van der Waals surface area contributed by atoms with Crippen LogP contribution in [0.5, 0.6) is 5.75 Å². The molecule has 7 nitrogen and oxygen atoms in total. The Balaban J connectivity index is 1.59. The zero-order valence-electron chi connectivity index (χ0n) is 23.6. The Morgan fingerprint density at radius 1 is 1.05 bits per heavy atom.